The molecule has 2 atom stereocenters. The SMILES string of the molecule is CC1NCCCC1NC(=O)c1cccc(Cl)c1Cl. The van der Waals surface area contributed by atoms with Crippen molar-refractivity contribution in [3.63, 3.8) is 0 Å². The van der Waals surface area contributed by atoms with Gasteiger partial charge in [-0.05, 0) is 38.4 Å². The van der Waals surface area contributed by atoms with Gasteiger partial charge in [-0.15, -0.1) is 0 Å². The van der Waals surface area contributed by atoms with Crippen LogP contribution in [-0.4, -0.2) is 24.5 Å². The Morgan fingerprint density at radius 1 is 1.44 bits per heavy atom. The van der Waals surface area contributed by atoms with E-state index in [9.17, 15) is 4.79 Å². The van der Waals surface area contributed by atoms with E-state index in [1.54, 1.807) is 18.2 Å². The molecule has 1 saturated heterocycles. The molecule has 1 heterocycles. The molecule has 1 fully saturated rings. The Balaban J connectivity index is 2.09. The predicted octanol–water partition coefficient (Wildman–Crippen LogP) is 2.86. The normalized spacial score (nSPS) is 23.7. The topological polar surface area (TPSA) is 41.1 Å². The van der Waals surface area contributed by atoms with Crippen molar-refractivity contribution < 1.29 is 4.79 Å². The Kier molecular flexibility index (Phi) is 4.49. The number of carbonyl (C=O) groups is 1. The fourth-order valence-electron chi connectivity index (χ4n) is 2.17. The fourth-order valence-corrected chi connectivity index (χ4v) is 2.55. The van der Waals surface area contributed by atoms with Crippen molar-refractivity contribution in [2.24, 2.45) is 0 Å². The smallest absolute Gasteiger partial charge is 0.253 e. The number of rotatable bonds is 2. The summed E-state index contributed by atoms with van der Waals surface area (Å²) in [6, 6.07) is 5.50. The second kappa shape index (κ2) is 5.91. The van der Waals surface area contributed by atoms with E-state index >= 15 is 0 Å². The Bertz CT molecular complexity index is 451. The highest BCUT2D eigenvalue weighted by Gasteiger charge is 2.23. The first-order chi connectivity index (χ1) is 8.59. The van der Waals surface area contributed by atoms with Crippen molar-refractivity contribution in [3.05, 3.63) is 33.8 Å². The standard InChI is InChI=1S/C13H16Cl2N2O/c1-8-11(6-3-7-16-8)17-13(18)9-4-2-5-10(14)12(9)15/h2,4-5,8,11,16H,3,6-7H2,1H3,(H,17,18). The van der Waals surface area contributed by atoms with Crippen LogP contribution in [0.4, 0.5) is 0 Å². The van der Waals surface area contributed by atoms with E-state index in [1.807, 2.05) is 0 Å². The Morgan fingerprint density at radius 3 is 2.94 bits per heavy atom. The van der Waals surface area contributed by atoms with Gasteiger partial charge in [0.25, 0.3) is 5.91 Å². The van der Waals surface area contributed by atoms with Gasteiger partial charge >= 0.3 is 0 Å². The molecule has 18 heavy (non-hydrogen) atoms. The highest BCUT2D eigenvalue weighted by Crippen LogP contribution is 2.25. The summed E-state index contributed by atoms with van der Waals surface area (Å²) in [5.41, 5.74) is 0.432. The molecule has 1 amide bonds. The van der Waals surface area contributed by atoms with Gasteiger partial charge in [0.1, 0.15) is 0 Å². The quantitative estimate of drug-likeness (QED) is 0.878. The zero-order valence-corrected chi connectivity index (χ0v) is 11.7. The Morgan fingerprint density at radius 2 is 2.22 bits per heavy atom. The molecule has 0 aromatic heterocycles. The van der Waals surface area contributed by atoms with E-state index in [1.165, 1.54) is 0 Å². The van der Waals surface area contributed by atoms with Gasteiger partial charge in [0, 0.05) is 12.1 Å². The van der Waals surface area contributed by atoms with Gasteiger partial charge in [-0.25, -0.2) is 0 Å². The van der Waals surface area contributed by atoms with Crippen LogP contribution in [0.2, 0.25) is 10.0 Å². The first kappa shape index (κ1) is 13.7. The number of hydrogen-bond donors (Lipinski definition) is 2. The summed E-state index contributed by atoms with van der Waals surface area (Å²) in [7, 11) is 0. The van der Waals surface area contributed by atoms with E-state index in [2.05, 4.69) is 17.6 Å². The molecule has 0 aliphatic carbocycles. The van der Waals surface area contributed by atoms with Crippen molar-refractivity contribution in [3.8, 4) is 0 Å². The van der Waals surface area contributed by atoms with E-state index in [4.69, 9.17) is 23.2 Å². The fraction of sp³-hybridized carbons (Fsp3) is 0.462. The van der Waals surface area contributed by atoms with Gasteiger partial charge in [-0.2, -0.15) is 0 Å². The number of nitrogens with one attached hydrogen (secondary N) is 2. The zero-order chi connectivity index (χ0) is 13.1. The molecule has 0 saturated carbocycles. The van der Waals surface area contributed by atoms with E-state index in [-0.39, 0.29) is 18.0 Å². The molecule has 2 N–H and O–H groups in total. The van der Waals surface area contributed by atoms with Crippen LogP contribution in [-0.2, 0) is 0 Å². The Labute approximate surface area is 117 Å². The maximum atomic E-state index is 12.1. The van der Waals surface area contributed by atoms with Gasteiger partial charge in [-0.1, -0.05) is 29.3 Å². The third-order valence-electron chi connectivity index (χ3n) is 3.27. The number of halogens is 2. The molecule has 0 radical (unpaired) electrons. The van der Waals surface area contributed by atoms with Crippen LogP contribution in [0.3, 0.4) is 0 Å². The molecule has 5 heteroatoms. The zero-order valence-electron chi connectivity index (χ0n) is 10.2. The summed E-state index contributed by atoms with van der Waals surface area (Å²) in [4.78, 5) is 12.1. The van der Waals surface area contributed by atoms with Crippen LogP contribution in [0.25, 0.3) is 0 Å². The maximum Gasteiger partial charge on any atom is 0.253 e. The monoisotopic (exact) mass is 286 g/mol. The van der Waals surface area contributed by atoms with Gasteiger partial charge < -0.3 is 10.6 Å². The molecular weight excluding hydrogens is 271 g/mol. The minimum absolute atomic E-state index is 0.140. The van der Waals surface area contributed by atoms with Crippen LogP contribution in [0.15, 0.2) is 18.2 Å². The lowest BCUT2D eigenvalue weighted by atomic mass is 9.99. The van der Waals surface area contributed by atoms with Crippen molar-refractivity contribution in [2.75, 3.05) is 6.54 Å². The average molecular weight is 287 g/mol. The van der Waals surface area contributed by atoms with Crippen LogP contribution in [0, 0.1) is 0 Å². The number of hydrogen-bond acceptors (Lipinski definition) is 2. The molecule has 98 valence electrons. The Hall–Kier alpha value is -0.770. The van der Waals surface area contributed by atoms with Crippen LogP contribution < -0.4 is 10.6 Å². The first-order valence-electron chi connectivity index (χ1n) is 6.08. The molecule has 1 aliphatic rings. The van der Waals surface area contributed by atoms with Gasteiger partial charge in [0.15, 0.2) is 0 Å². The number of amides is 1. The van der Waals surface area contributed by atoms with Crippen LogP contribution in [0.1, 0.15) is 30.1 Å². The summed E-state index contributed by atoms with van der Waals surface area (Å²) < 4.78 is 0. The van der Waals surface area contributed by atoms with Gasteiger partial charge in [0.2, 0.25) is 0 Å². The minimum Gasteiger partial charge on any atom is -0.348 e. The number of benzene rings is 1. The lowest BCUT2D eigenvalue weighted by Gasteiger charge is -2.30. The summed E-state index contributed by atoms with van der Waals surface area (Å²) in [5.74, 6) is -0.164. The number of piperidine rings is 1. The molecule has 0 bridgehead atoms. The number of carbonyl (C=O) groups excluding carboxylic acids is 1. The van der Waals surface area contributed by atoms with Gasteiger partial charge in [0.05, 0.1) is 15.6 Å². The molecular formula is C13H16Cl2N2O. The summed E-state index contributed by atoms with van der Waals surface area (Å²) in [6.07, 6.45) is 2.05. The molecule has 1 aromatic rings. The van der Waals surface area contributed by atoms with Crippen molar-refractivity contribution in [1.29, 1.82) is 0 Å². The van der Waals surface area contributed by atoms with Crippen molar-refractivity contribution >= 4 is 29.1 Å². The predicted molar refractivity (Wildman–Crippen MR) is 74.4 cm³/mol. The van der Waals surface area contributed by atoms with Crippen LogP contribution in [0.5, 0.6) is 0 Å². The minimum atomic E-state index is -0.164. The second-order valence-electron chi connectivity index (χ2n) is 4.57. The van der Waals surface area contributed by atoms with E-state index in [0.717, 1.165) is 19.4 Å². The largest absolute Gasteiger partial charge is 0.348 e. The van der Waals surface area contributed by atoms with E-state index in [0.29, 0.717) is 15.6 Å². The first-order valence-corrected chi connectivity index (χ1v) is 6.83. The summed E-state index contributed by atoms with van der Waals surface area (Å²) >= 11 is 11.9. The van der Waals surface area contributed by atoms with Crippen molar-refractivity contribution in [1.82, 2.24) is 10.6 Å². The molecule has 1 aliphatic heterocycles. The van der Waals surface area contributed by atoms with Crippen molar-refractivity contribution in [2.45, 2.75) is 31.8 Å². The maximum absolute atomic E-state index is 12.1. The molecule has 1 aromatic carbocycles. The molecule has 3 nitrogen and oxygen atoms in total. The molecule has 0 spiro atoms. The molecule has 2 rings (SSSR count). The van der Waals surface area contributed by atoms with E-state index < -0.39 is 0 Å². The lowest BCUT2D eigenvalue weighted by Crippen LogP contribution is -2.51. The second-order valence-corrected chi connectivity index (χ2v) is 5.35. The van der Waals surface area contributed by atoms with Crippen LogP contribution >= 0.6 is 23.2 Å². The summed E-state index contributed by atoms with van der Waals surface area (Å²) in [5, 5.41) is 7.06. The summed E-state index contributed by atoms with van der Waals surface area (Å²) in [6.45, 7) is 3.08. The average Bonchev–Trinajstić information content (AvgIpc) is 2.35. The van der Waals surface area contributed by atoms with Gasteiger partial charge in [-0.3, -0.25) is 4.79 Å². The third kappa shape index (κ3) is 2.97. The highest BCUT2D eigenvalue weighted by molar-refractivity contribution is 6.43. The highest BCUT2D eigenvalue weighted by atomic mass is 35.5. The lowest BCUT2D eigenvalue weighted by molar-refractivity contribution is 0.0920. The third-order valence-corrected chi connectivity index (χ3v) is 4.09. The molecule has 2 unspecified atom stereocenters.